The Kier molecular flexibility index (Phi) is 5.58. The highest BCUT2D eigenvalue weighted by molar-refractivity contribution is 5.83. The molecular weight excluding hydrogens is 312 g/mol. The molecule has 0 unspecified atom stereocenters. The molecule has 24 heavy (non-hydrogen) atoms. The molecule has 3 heterocycles. The van der Waals surface area contributed by atoms with Gasteiger partial charge in [-0.3, -0.25) is 14.4 Å². The number of fused-ring (bicyclic) bond motifs is 1. The Balaban J connectivity index is 0.000000471. The second-order valence-electron chi connectivity index (χ2n) is 6.38. The van der Waals surface area contributed by atoms with Crippen molar-refractivity contribution in [3.63, 3.8) is 0 Å². The van der Waals surface area contributed by atoms with Gasteiger partial charge in [-0.1, -0.05) is 0 Å². The number of carboxylic acid groups (broad SMARTS) is 1. The molecule has 132 valence electrons. The molecule has 2 amide bonds. The van der Waals surface area contributed by atoms with E-state index in [0.717, 1.165) is 31.3 Å². The predicted octanol–water partition coefficient (Wildman–Crippen LogP) is 0.288. The molecule has 8 heteroatoms. The Morgan fingerprint density at radius 3 is 2.67 bits per heavy atom. The van der Waals surface area contributed by atoms with Crippen LogP contribution in [0.5, 0.6) is 0 Å². The molecule has 0 spiro atoms. The molecule has 8 nitrogen and oxygen atoms in total. The summed E-state index contributed by atoms with van der Waals surface area (Å²) < 4.78 is 0. The number of H-pyrrole nitrogens is 1. The lowest BCUT2D eigenvalue weighted by molar-refractivity contribution is -0.138. The molecule has 1 aromatic rings. The smallest absolute Gasteiger partial charge is 0.300 e. The number of likely N-dealkylation sites (tertiary alicyclic amines) is 2. The molecule has 0 saturated carbocycles. The molecule has 2 saturated heterocycles. The number of piperidine rings is 1. The maximum Gasteiger partial charge on any atom is 0.300 e. The van der Waals surface area contributed by atoms with Crippen LogP contribution >= 0.6 is 0 Å². The number of imidazole rings is 1. The summed E-state index contributed by atoms with van der Waals surface area (Å²) in [5.41, 5.74) is 1.74. The van der Waals surface area contributed by atoms with E-state index in [1.54, 1.807) is 11.2 Å². The van der Waals surface area contributed by atoms with E-state index < -0.39 is 5.97 Å². The number of aromatic nitrogens is 2. The first-order chi connectivity index (χ1) is 11.3. The van der Waals surface area contributed by atoms with Crippen molar-refractivity contribution >= 4 is 17.8 Å². The maximum absolute atomic E-state index is 12.3. The third-order valence-corrected chi connectivity index (χ3v) is 4.58. The van der Waals surface area contributed by atoms with E-state index in [0.29, 0.717) is 25.4 Å². The van der Waals surface area contributed by atoms with Crippen molar-refractivity contribution in [1.29, 1.82) is 0 Å². The molecule has 2 aliphatic heterocycles. The summed E-state index contributed by atoms with van der Waals surface area (Å²) in [5.74, 6) is -0.238. The average molecular weight is 336 g/mol. The van der Waals surface area contributed by atoms with Gasteiger partial charge in [0, 0.05) is 39.3 Å². The average Bonchev–Trinajstić information content (AvgIpc) is 3.10. The van der Waals surface area contributed by atoms with Gasteiger partial charge in [0.05, 0.1) is 24.4 Å². The molecule has 0 aromatic carbocycles. The molecule has 0 radical (unpaired) electrons. The Morgan fingerprint density at radius 2 is 2.08 bits per heavy atom. The van der Waals surface area contributed by atoms with Crippen molar-refractivity contribution in [2.75, 3.05) is 26.7 Å². The SMILES string of the molecule is CC(=O)O.Cc1[nH]cnc1CC(=O)N1C[C@H]2CCN(C)C(=O)[C@H]2C1. The third-order valence-electron chi connectivity index (χ3n) is 4.58. The van der Waals surface area contributed by atoms with E-state index in [1.807, 2.05) is 18.9 Å². The minimum Gasteiger partial charge on any atom is -0.481 e. The number of rotatable bonds is 2. The van der Waals surface area contributed by atoms with Crippen molar-refractivity contribution in [2.45, 2.75) is 26.7 Å². The van der Waals surface area contributed by atoms with E-state index in [9.17, 15) is 9.59 Å². The molecular formula is C16H24N4O4. The normalized spacial score (nSPS) is 22.7. The van der Waals surface area contributed by atoms with Gasteiger partial charge in [0.25, 0.3) is 5.97 Å². The van der Waals surface area contributed by atoms with Crippen molar-refractivity contribution in [2.24, 2.45) is 11.8 Å². The first-order valence-corrected chi connectivity index (χ1v) is 8.00. The first kappa shape index (κ1) is 18.0. The van der Waals surface area contributed by atoms with E-state index >= 15 is 0 Å². The van der Waals surface area contributed by atoms with Crippen LogP contribution in [0.25, 0.3) is 0 Å². The minimum absolute atomic E-state index is 0.00187. The van der Waals surface area contributed by atoms with Crippen LogP contribution in [0.2, 0.25) is 0 Å². The summed E-state index contributed by atoms with van der Waals surface area (Å²) in [6.07, 6.45) is 2.93. The highest BCUT2D eigenvalue weighted by Gasteiger charge is 2.43. The van der Waals surface area contributed by atoms with Crippen molar-refractivity contribution in [3.05, 3.63) is 17.7 Å². The number of nitrogens with zero attached hydrogens (tertiary/aromatic N) is 3. The fourth-order valence-electron chi connectivity index (χ4n) is 3.22. The van der Waals surface area contributed by atoms with Crippen molar-refractivity contribution in [3.8, 4) is 0 Å². The van der Waals surface area contributed by atoms with Gasteiger partial charge in [0.1, 0.15) is 0 Å². The zero-order valence-electron chi connectivity index (χ0n) is 14.3. The first-order valence-electron chi connectivity index (χ1n) is 8.00. The van der Waals surface area contributed by atoms with Crippen LogP contribution in [0, 0.1) is 18.8 Å². The van der Waals surface area contributed by atoms with Crippen LogP contribution in [0.3, 0.4) is 0 Å². The van der Waals surface area contributed by atoms with Gasteiger partial charge in [-0.15, -0.1) is 0 Å². The van der Waals surface area contributed by atoms with Gasteiger partial charge in [-0.25, -0.2) is 4.98 Å². The van der Waals surface area contributed by atoms with Crippen LogP contribution in [-0.4, -0.2) is 69.3 Å². The van der Waals surface area contributed by atoms with E-state index in [4.69, 9.17) is 9.90 Å². The van der Waals surface area contributed by atoms with Crippen LogP contribution < -0.4 is 0 Å². The van der Waals surface area contributed by atoms with Crippen molar-refractivity contribution < 1.29 is 19.5 Å². The summed E-state index contributed by atoms with van der Waals surface area (Å²) in [7, 11) is 1.84. The number of hydrogen-bond donors (Lipinski definition) is 2. The second kappa shape index (κ2) is 7.46. The van der Waals surface area contributed by atoms with Gasteiger partial charge in [-0.05, 0) is 19.3 Å². The lowest BCUT2D eigenvalue weighted by Crippen LogP contribution is -2.42. The van der Waals surface area contributed by atoms with Crippen LogP contribution in [0.1, 0.15) is 24.7 Å². The van der Waals surface area contributed by atoms with Crippen LogP contribution in [-0.2, 0) is 20.8 Å². The number of nitrogens with one attached hydrogen (secondary N) is 1. The monoisotopic (exact) mass is 336 g/mol. The Bertz CT molecular complexity index is 623. The van der Waals surface area contributed by atoms with Gasteiger partial charge in [0.15, 0.2) is 0 Å². The molecule has 2 fully saturated rings. The largest absolute Gasteiger partial charge is 0.481 e. The number of carbonyl (C=O) groups excluding carboxylic acids is 2. The summed E-state index contributed by atoms with van der Waals surface area (Å²) >= 11 is 0. The molecule has 3 rings (SSSR count). The molecule has 2 aliphatic rings. The van der Waals surface area contributed by atoms with E-state index in [-0.39, 0.29) is 17.7 Å². The summed E-state index contributed by atoms with van der Waals surface area (Å²) in [6, 6.07) is 0. The Labute approximate surface area is 140 Å². The number of carbonyl (C=O) groups is 3. The molecule has 2 atom stereocenters. The van der Waals surface area contributed by atoms with Gasteiger partial charge in [-0.2, -0.15) is 0 Å². The Hall–Kier alpha value is -2.38. The highest BCUT2D eigenvalue weighted by Crippen LogP contribution is 2.31. The van der Waals surface area contributed by atoms with E-state index in [1.165, 1.54) is 0 Å². The summed E-state index contributed by atoms with van der Waals surface area (Å²) in [4.78, 5) is 44.2. The fraction of sp³-hybridized carbons (Fsp3) is 0.625. The third kappa shape index (κ3) is 4.12. The summed E-state index contributed by atoms with van der Waals surface area (Å²) in [6.45, 7) is 5.08. The lowest BCUT2D eigenvalue weighted by atomic mass is 9.88. The predicted molar refractivity (Wildman–Crippen MR) is 86.2 cm³/mol. The zero-order valence-corrected chi connectivity index (χ0v) is 14.3. The van der Waals surface area contributed by atoms with Crippen molar-refractivity contribution in [1.82, 2.24) is 19.8 Å². The number of hydrogen-bond acceptors (Lipinski definition) is 4. The van der Waals surface area contributed by atoms with E-state index in [2.05, 4.69) is 9.97 Å². The number of aryl methyl sites for hydroxylation is 1. The number of carboxylic acids is 1. The molecule has 0 aliphatic carbocycles. The van der Waals surface area contributed by atoms with Gasteiger partial charge >= 0.3 is 0 Å². The number of aliphatic carboxylic acids is 1. The van der Waals surface area contributed by atoms with Crippen LogP contribution in [0.15, 0.2) is 6.33 Å². The van der Waals surface area contributed by atoms with Crippen LogP contribution in [0.4, 0.5) is 0 Å². The minimum atomic E-state index is -0.833. The lowest BCUT2D eigenvalue weighted by Gasteiger charge is -2.30. The standard InChI is InChI=1S/C14H20N4O2.C2H4O2/c1-9-12(16-8-15-9)5-13(19)18-6-10-3-4-17(2)14(20)11(10)7-18;1-2(3)4/h8,10-11H,3-7H2,1-2H3,(H,15,16);1H3,(H,3,4)/t10-,11+;/m1./s1. The summed E-state index contributed by atoms with van der Waals surface area (Å²) in [5, 5.41) is 7.42. The topological polar surface area (TPSA) is 107 Å². The number of aromatic amines is 1. The fourth-order valence-corrected chi connectivity index (χ4v) is 3.22. The highest BCUT2D eigenvalue weighted by atomic mass is 16.4. The molecule has 2 N–H and O–H groups in total. The zero-order chi connectivity index (χ0) is 17.9. The molecule has 0 bridgehead atoms. The van der Waals surface area contributed by atoms with Gasteiger partial charge < -0.3 is 19.9 Å². The second-order valence-corrected chi connectivity index (χ2v) is 6.38. The van der Waals surface area contributed by atoms with Gasteiger partial charge in [0.2, 0.25) is 11.8 Å². The number of amides is 2. The Morgan fingerprint density at radius 1 is 1.42 bits per heavy atom. The molecule has 1 aromatic heterocycles. The quantitative estimate of drug-likeness (QED) is 0.807. The maximum atomic E-state index is 12.3.